The van der Waals surface area contributed by atoms with Crippen LogP contribution in [-0.4, -0.2) is 36.7 Å². The number of alkyl carbamates (subject to hydrolysis) is 1. The van der Waals surface area contributed by atoms with E-state index in [2.05, 4.69) is 10.1 Å². The molecule has 1 aromatic rings. The molecule has 0 aliphatic heterocycles. The Labute approximate surface area is 150 Å². The molecule has 140 valence electrons. The van der Waals surface area contributed by atoms with Crippen LogP contribution in [0, 0.1) is 0 Å². The number of benzene rings is 1. The molecule has 1 aromatic carbocycles. The number of rotatable bonds is 8. The van der Waals surface area contributed by atoms with Crippen LogP contribution in [0.3, 0.4) is 0 Å². The maximum absolute atomic E-state index is 12.3. The Bertz CT molecular complexity index is 573. The Kier molecular flexibility index (Phi) is 8.25. The number of hydrogen-bond acceptors (Lipinski definition) is 4. The highest BCUT2D eigenvalue weighted by Crippen LogP contribution is 2.12. The predicted octanol–water partition coefficient (Wildman–Crippen LogP) is 3.97. The topological polar surface area (TPSA) is 64.6 Å². The molecule has 0 saturated heterocycles. The Balaban J connectivity index is 2.64. The van der Waals surface area contributed by atoms with Gasteiger partial charge in [0.25, 0.3) is 0 Å². The summed E-state index contributed by atoms with van der Waals surface area (Å²) in [7, 11) is 0. The first kappa shape index (κ1) is 21.3. The van der Waals surface area contributed by atoms with Gasteiger partial charge in [0, 0.05) is 11.4 Å². The lowest BCUT2D eigenvalue weighted by molar-refractivity contribution is -0.142. The van der Waals surface area contributed by atoms with Crippen molar-refractivity contribution in [3.8, 4) is 0 Å². The van der Waals surface area contributed by atoms with Gasteiger partial charge in [-0.1, -0.05) is 23.7 Å². The van der Waals surface area contributed by atoms with Gasteiger partial charge in [-0.25, -0.2) is 4.79 Å². The van der Waals surface area contributed by atoms with E-state index in [9.17, 15) is 18.4 Å². The summed E-state index contributed by atoms with van der Waals surface area (Å²) in [5.74, 6) is -0.429. The molecule has 0 aromatic heterocycles. The summed E-state index contributed by atoms with van der Waals surface area (Å²) in [6.45, 7) is 1.29. The zero-order valence-electron chi connectivity index (χ0n) is 14.4. The number of ketones is 1. The van der Waals surface area contributed by atoms with Gasteiger partial charge in [-0.15, -0.1) is 0 Å². The lowest BCUT2D eigenvalue weighted by Gasteiger charge is -2.23. The summed E-state index contributed by atoms with van der Waals surface area (Å²) in [6.07, 6.45) is -0.429. The van der Waals surface area contributed by atoms with Crippen LogP contribution < -0.4 is 5.32 Å². The monoisotopic (exact) mass is 377 g/mol. The van der Waals surface area contributed by atoms with E-state index in [1.165, 1.54) is 0 Å². The number of hydrogen-bond donors (Lipinski definition) is 1. The number of Topliss-reactive ketones (excluding diaryl/α,β-unsaturated/α-hetero) is 1. The van der Waals surface area contributed by atoms with E-state index in [0.29, 0.717) is 11.4 Å². The second-order valence-electron chi connectivity index (χ2n) is 6.39. The summed E-state index contributed by atoms with van der Waals surface area (Å²) in [5.41, 5.74) is 0.0911. The molecule has 0 heterocycles. The van der Waals surface area contributed by atoms with E-state index in [1.54, 1.807) is 45.0 Å². The van der Waals surface area contributed by atoms with E-state index in [-0.39, 0.29) is 6.42 Å². The minimum absolute atomic E-state index is 0.0503. The largest absolute Gasteiger partial charge is 0.444 e. The molecule has 0 unspecified atom stereocenters. The molecule has 1 atom stereocenters. The standard InChI is InChI=1S/C17H22ClF2NO4/c1-17(2,3)25-16(23)21-13(10-24-15(19)20)14(22)9-6-11-4-7-12(18)8-5-11/h4-5,7-8,13,15H,6,9-10H2,1-3H3,(H,21,23)/t13-/m1/s1. The molecular weight excluding hydrogens is 356 g/mol. The van der Waals surface area contributed by atoms with Crippen LogP contribution in [0.15, 0.2) is 24.3 Å². The summed E-state index contributed by atoms with van der Waals surface area (Å²) < 4.78 is 33.8. The van der Waals surface area contributed by atoms with Crippen molar-refractivity contribution < 1.29 is 27.8 Å². The van der Waals surface area contributed by atoms with Crippen molar-refractivity contribution in [2.75, 3.05) is 6.61 Å². The van der Waals surface area contributed by atoms with Gasteiger partial charge >= 0.3 is 12.7 Å². The van der Waals surface area contributed by atoms with Crippen LogP contribution in [0.5, 0.6) is 0 Å². The maximum atomic E-state index is 12.3. The Hall–Kier alpha value is -1.73. The molecule has 25 heavy (non-hydrogen) atoms. The van der Waals surface area contributed by atoms with E-state index in [4.69, 9.17) is 16.3 Å². The van der Waals surface area contributed by atoms with Gasteiger partial charge < -0.3 is 14.8 Å². The van der Waals surface area contributed by atoms with Crippen LogP contribution in [0.4, 0.5) is 13.6 Å². The fraction of sp³-hybridized carbons (Fsp3) is 0.529. The number of carbonyl (C=O) groups excluding carboxylic acids is 2. The van der Waals surface area contributed by atoms with Crippen LogP contribution >= 0.6 is 11.6 Å². The van der Waals surface area contributed by atoms with Crippen LogP contribution in [0.1, 0.15) is 32.8 Å². The Morgan fingerprint density at radius 3 is 2.32 bits per heavy atom. The third-order valence-electron chi connectivity index (χ3n) is 3.04. The second kappa shape index (κ2) is 9.68. The number of halogens is 3. The number of carbonyl (C=O) groups is 2. The quantitative estimate of drug-likeness (QED) is 0.744. The molecular formula is C17H22ClF2NO4. The van der Waals surface area contributed by atoms with Gasteiger partial charge in [0.05, 0.1) is 6.61 Å². The van der Waals surface area contributed by atoms with Gasteiger partial charge in [-0.2, -0.15) is 8.78 Å². The van der Waals surface area contributed by atoms with Gasteiger partial charge in [0.2, 0.25) is 0 Å². The van der Waals surface area contributed by atoms with E-state index in [0.717, 1.165) is 5.56 Å². The molecule has 5 nitrogen and oxygen atoms in total. The average molecular weight is 378 g/mol. The van der Waals surface area contributed by atoms with Crippen molar-refractivity contribution in [2.45, 2.75) is 51.9 Å². The van der Waals surface area contributed by atoms with Crippen molar-refractivity contribution in [1.82, 2.24) is 5.32 Å². The Morgan fingerprint density at radius 1 is 1.20 bits per heavy atom. The van der Waals surface area contributed by atoms with Gasteiger partial charge in [-0.3, -0.25) is 4.79 Å². The number of aryl methyl sites for hydroxylation is 1. The van der Waals surface area contributed by atoms with Crippen molar-refractivity contribution in [1.29, 1.82) is 0 Å². The van der Waals surface area contributed by atoms with Crippen molar-refractivity contribution in [3.05, 3.63) is 34.9 Å². The Morgan fingerprint density at radius 2 is 1.80 bits per heavy atom. The maximum Gasteiger partial charge on any atom is 0.408 e. The second-order valence-corrected chi connectivity index (χ2v) is 6.82. The lowest BCUT2D eigenvalue weighted by atomic mass is 10.0. The van der Waals surface area contributed by atoms with Gasteiger partial charge in [0.15, 0.2) is 5.78 Å². The lowest BCUT2D eigenvalue weighted by Crippen LogP contribution is -2.46. The molecule has 0 saturated carbocycles. The minimum atomic E-state index is -3.04. The average Bonchev–Trinajstić information content (AvgIpc) is 2.48. The number of amides is 1. The normalized spacial score (nSPS) is 12.8. The van der Waals surface area contributed by atoms with Crippen molar-refractivity contribution in [2.24, 2.45) is 0 Å². The first-order valence-electron chi connectivity index (χ1n) is 7.73. The molecule has 0 spiro atoms. The van der Waals surface area contributed by atoms with Crippen LogP contribution in [0.2, 0.25) is 5.02 Å². The van der Waals surface area contributed by atoms with Gasteiger partial charge in [-0.05, 0) is 44.9 Å². The SMILES string of the molecule is CC(C)(C)OC(=O)N[C@H](COC(F)F)C(=O)CCc1ccc(Cl)cc1. The summed E-state index contributed by atoms with van der Waals surface area (Å²) >= 11 is 5.79. The summed E-state index contributed by atoms with van der Waals surface area (Å²) in [5, 5.41) is 2.86. The highest BCUT2D eigenvalue weighted by molar-refractivity contribution is 6.30. The number of ether oxygens (including phenoxy) is 2. The fourth-order valence-electron chi connectivity index (χ4n) is 1.93. The highest BCUT2D eigenvalue weighted by atomic mass is 35.5. The van der Waals surface area contributed by atoms with Crippen LogP contribution in [-0.2, 0) is 20.7 Å². The first-order chi connectivity index (χ1) is 11.6. The zero-order chi connectivity index (χ0) is 19.0. The van der Waals surface area contributed by atoms with Gasteiger partial charge in [0.1, 0.15) is 11.6 Å². The fourth-order valence-corrected chi connectivity index (χ4v) is 2.05. The first-order valence-corrected chi connectivity index (χ1v) is 8.11. The third kappa shape index (κ3) is 9.36. The molecule has 1 amide bonds. The molecule has 1 rings (SSSR count). The van der Waals surface area contributed by atoms with E-state index in [1.807, 2.05) is 0 Å². The summed E-state index contributed by atoms with van der Waals surface area (Å²) in [4.78, 5) is 24.1. The third-order valence-corrected chi connectivity index (χ3v) is 3.29. The molecule has 0 fully saturated rings. The number of nitrogens with one attached hydrogen (secondary N) is 1. The van der Waals surface area contributed by atoms with E-state index >= 15 is 0 Å². The summed E-state index contributed by atoms with van der Waals surface area (Å²) in [6, 6.07) is 5.70. The smallest absolute Gasteiger partial charge is 0.408 e. The molecule has 8 heteroatoms. The molecule has 0 aliphatic carbocycles. The van der Waals surface area contributed by atoms with Crippen molar-refractivity contribution >= 4 is 23.5 Å². The van der Waals surface area contributed by atoms with Crippen molar-refractivity contribution in [3.63, 3.8) is 0 Å². The zero-order valence-corrected chi connectivity index (χ0v) is 15.1. The minimum Gasteiger partial charge on any atom is -0.444 e. The molecule has 0 radical (unpaired) electrons. The van der Waals surface area contributed by atoms with Crippen LogP contribution in [0.25, 0.3) is 0 Å². The predicted molar refractivity (Wildman–Crippen MR) is 89.9 cm³/mol. The molecule has 0 bridgehead atoms. The van der Waals surface area contributed by atoms with E-state index < -0.39 is 36.7 Å². The number of alkyl halides is 2. The molecule has 1 N–H and O–H groups in total. The highest BCUT2D eigenvalue weighted by Gasteiger charge is 2.25. The molecule has 0 aliphatic rings.